The zero-order chi connectivity index (χ0) is 13.2. The van der Waals surface area contributed by atoms with E-state index in [-0.39, 0.29) is 6.04 Å². The van der Waals surface area contributed by atoms with E-state index in [1.165, 1.54) is 5.56 Å². The molecule has 1 aromatic heterocycles. The van der Waals surface area contributed by atoms with Crippen LogP contribution in [0.1, 0.15) is 17.9 Å². The van der Waals surface area contributed by atoms with Gasteiger partial charge in [0.15, 0.2) is 0 Å². The molecule has 0 bridgehead atoms. The van der Waals surface area contributed by atoms with E-state index in [0.717, 1.165) is 25.1 Å². The molecular weight excluding hydrogens is 240 g/mol. The van der Waals surface area contributed by atoms with Gasteiger partial charge in [-0.3, -0.25) is 4.90 Å². The highest BCUT2D eigenvalue weighted by Crippen LogP contribution is 2.19. The SMILES string of the molecule is Cc1ccc(-c2nnc(CN3CC[C@@H](N)C3)o2)cc1. The number of likely N-dealkylation sites (tertiary alicyclic amines) is 1. The Morgan fingerprint density at radius 1 is 1.32 bits per heavy atom. The van der Waals surface area contributed by atoms with E-state index in [0.29, 0.717) is 18.3 Å². The maximum absolute atomic E-state index is 5.88. The van der Waals surface area contributed by atoms with Crippen LogP contribution in [0.15, 0.2) is 28.7 Å². The van der Waals surface area contributed by atoms with Crippen molar-refractivity contribution < 1.29 is 4.42 Å². The topological polar surface area (TPSA) is 68.2 Å². The first kappa shape index (κ1) is 12.3. The fraction of sp³-hybridized carbons (Fsp3) is 0.429. The predicted molar refractivity (Wildman–Crippen MR) is 72.3 cm³/mol. The van der Waals surface area contributed by atoms with Gasteiger partial charge in [0.2, 0.25) is 11.8 Å². The molecule has 5 nitrogen and oxygen atoms in total. The molecule has 5 heteroatoms. The average Bonchev–Trinajstić information content (AvgIpc) is 3.00. The van der Waals surface area contributed by atoms with Crippen molar-refractivity contribution in [2.75, 3.05) is 13.1 Å². The lowest BCUT2D eigenvalue weighted by Gasteiger charge is -2.11. The lowest BCUT2D eigenvalue weighted by molar-refractivity contribution is 0.289. The molecule has 1 fully saturated rings. The van der Waals surface area contributed by atoms with E-state index in [1.54, 1.807) is 0 Å². The molecule has 1 aliphatic rings. The van der Waals surface area contributed by atoms with Crippen molar-refractivity contribution in [1.82, 2.24) is 15.1 Å². The Balaban J connectivity index is 1.71. The van der Waals surface area contributed by atoms with E-state index in [4.69, 9.17) is 10.2 Å². The molecule has 2 N–H and O–H groups in total. The molecule has 1 atom stereocenters. The second-order valence-electron chi connectivity index (χ2n) is 5.15. The molecule has 0 radical (unpaired) electrons. The average molecular weight is 258 g/mol. The van der Waals surface area contributed by atoms with Gasteiger partial charge in [-0.2, -0.15) is 0 Å². The van der Waals surface area contributed by atoms with Gasteiger partial charge < -0.3 is 10.2 Å². The maximum Gasteiger partial charge on any atom is 0.247 e. The molecule has 0 spiro atoms. The van der Waals surface area contributed by atoms with Gasteiger partial charge in [0.1, 0.15) is 0 Å². The molecule has 2 heterocycles. The van der Waals surface area contributed by atoms with Crippen LogP contribution in [-0.2, 0) is 6.54 Å². The van der Waals surface area contributed by atoms with Crippen LogP contribution >= 0.6 is 0 Å². The molecule has 100 valence electrons. The molecule has 0 amide bonds. The summed E-state index contributed by atoms with van der Waals surface area (Å²) >= 11 is 0. The standard InChI is InChI=1S/C14H18N4O/c1-10-2-4-11(5-3-10)14-17-16-13(19-14)9-18-7-6-12(15)8-18/h2-5,12H,6-9,15H2,1H3/t12-/m1/s1. The van der Waals surface area contributed by atoms with Gasteiger partial charge in [-0.05, 0) is 25.5 Å². The van der Waals surface area contributed by atoms with Crippen molar-refractivity contribution in [2.24, 2.45) is 5.73 Å². The van der Waals surface area contributed by atoms with Crippen LogP contribution in [0.3, 0.4) is 0 Å². The Morgan fingerprint density at radius 3 is 2.79 bits per heavy atom. The first-order valence-electron chi connectivity index (χ1n) is 6.58. The fourth-order valence-electron chi connectivity index (χ4n) is 2.33. The Labute approximate surface area is 112 Å². The van der Waals surface area contributed by atoms with Crippen LogP contribution in [0, 0.1) is 6.92 Å². The summed E-state index contributed by atoms with van der Waals surface area (Å²) in [6.07, 6.45) is 1.04. The third-order valence-corrected chi connectivity index (χ3v) is 3.43. The monoisotopic (exact) mass is 258 g/mol. The number of aryl methyl sites for hydroxylation is 1. The lowest BCUT2D eigenvalue weighted by Crippen LogP contribution is -2.26. The molecule has 0 aliphatic carbocycles. The van der Waals surface area contributed by atoms with Gasteiger partial charge in [0.25, 0.3) is 0 Å². The molecule has 2 aromatic rings. The second kappa shape index (κ2) is 5.11. The fourth-order valence-corrected chi connectivity index (χ4v) is 2.33. The normalized spacial score (nSPS) is 20.0. The zero-order valence-electron chi connectivity index (χ0n) is 11.0. The number of benzene rings is 1. The highest BCUT2D eigenvalue weighted by Gasteiger charge is 2.21. The summed E-state index contributed by atoms with van der Waals surface area (Å²) in [5.41, 5.74) is 8.06. The number of rotatable bonds is 3. The van der Waals surface area contributed by atoms with E-state index in [1.807, 2.05) is 24.3 Å². The van der Waals surface area contributed by atoms with Crippen molar-refractivity contribution in [3.63, 3.8) is 0 Å². The summed E-state index contributed by atoms with van der Waals surface area (Å²) in [4.78, 5) is 2.25. The molecule has 0 unspecified atom stereocenters. The number of aromatic nitrogens is 2. The zero-order valence-corrected chi connectivity index (χ0v) is 11.0. The Morgan fingerprint density at radius 2 is 2.11 bits per heavy atom. The van der Waals surface area contributed by atoms with Gasteiger partial charge in [-0.15, -0.1) is 10.2 Å². The largest absolute Gasteiger partial charge is 0.419 e. The number of nitrogens with two attached hydrogens (primary N) is 1. The number of hydrogen-bond donors (Lipinski definition) is 1. The van der Waals surface area contributed by atoms with Crippen molar-refractivity contribution in [3.05, 3.63) is 35.7 Å². The number of hydrogen-bond acceptors (Lipinski definition) is 5. The van der Waals surface area contributed by atoms with Crippen molar-refractivity contribution >= 4 is 0 Å². The first-order chi connectivity index (χ1) is 9.20. The quantitative estimate of drug-likeness (QED) is 0.905. The molecule has 1 aliphatic heterocycles. The van der Waals surface area contributed by atoms with Gasteiger partial charge in [-0.25, -0.2) is 0 Å². The van der Waals surface area contributed by atoms with Crippen molar-refractivity contribution in [2.45, 2.75) is 25.9 Å². The van der Waals surface area contributed by atoms with E-state index < -0.39 is 0 Å². The molecule has 3 rings (SSSR count). The summed E-state index contributed by atoms with van der Waals surface area (Å²) in [7, 11) is 0. The highest BCUT2D eigenvalue weighted by atomic mass is 16.4. The predicted octanol–water partition coefficient (Wildman–Crippen LogP) is 1.58. The molecular formula is C14H18N4O. The maximum atomic E-state index is 5.88. The van der Waals surface area contributed by atoms with Gasteiger partial charge in [-0.1, -0.05) is 17.7 Å². The van der Waals surface area contributed by atoms with E-state index >= 15 is 0 Å². The summed E-state index contributed by atoms with van der Waals surface area (Å²) in [6.45, 7) is 4.65. The van der Waals surface area contributed by atoms with Crippen LogP contribution in [0.25, 0.3) is 11.5 Å². The number of nitrogens with zero attached hydrogens (tertiary/aromatic N) is 3. The van der Waals surface area contributed by atoms with Crippen LogP contribution < -0.4 is 5.73 Å². The minimum absolute atomic E-state index is 0.277. The van der Waals surface area contributed by atoms with Gasteiger partial charge >= 0.3 is 0 Å². The Bertz CT molecular complexity index is 549. The Hall–Kier alpha value is -1.72. The van der Waals surface area contributed by atoms with E-state index in [2.05, 4.69) is 22.0 Å². The molecule has 0 saturated carbocycles. The molecule has 1 saturated heterocycles. The first-order valence-corrected chi connectivity index (χ1v) is 6.58. The highest BCUT2D eigenvalue weighted by molar-refractivity contribution is 5.52. The van der Waals surface area contributed by atoms with Crippen LogP contribution in [0.4, 0.5) is 0 Å². The Kier molecular flexibility index (Phi) is 3.31. The summed E-state index contributed by atoms with van der Waals surface area (Å²) in [5.74, 6) is 1.24. The van der Waals surface area contributed by atoms with Gasteiger partial charge in [0, 0.05) is 24.7 Å². The molecule has 1 aromatic carbocycles. The molecule has 19 heavy (non-hydrogen) atoms. The van der Waals surface area contributed by atoms with Crippen LogP contribution in [0.2, 0.25) is 0 Å². The minimum Gasteiger partial charge on any atom is -0.419 e. The minimum atomic E-state index is 0.277. The second-order valence-corrected chi connectivity index (χ2v) is 5.15. The summed E-state index contributed by atoms with van der Waals surface area (Å²) in [5, 5.41) is 8.21. The third-order valence-electron chi connectivity index (χ3n) is 3.43. The summed E-state index contributed by atoms with van der Waals surface area (Å²) < 4.78 is 5.70. The van der Waals surface area contributed by atoms with Crippen LogP contribution in [0.5, 0.6) is 0 Å². The van der Waals surface area contributed by atoms with Gasteiger partial charge in [0.05, 0.1) is 6.54 Å². The smallest absolute Gasteiger partial charge is 0.247 e. The van der Waals surface area contributed by atoms with Crippen molar-refractivity contribution in [3.8, 4) is 11.5 Å². The van der Waals surface area contributed by atoms with E-state index in [9.17, 15) is 0 Å². The van der Waals surface area contributed by atoms with Crippen LogP contribution in [-0.4, -0.2) is 34.2 Å². The third kappa shape index (κ3) is 2.83. The lowest BCUT2D eigenvalue weighted by atomic mass is 10.1. The summed E-state index contributed by atoms with van der Waals surface area (Å²) in [6, 6.07) is 8.35. The van der Waals surface area contributed by atoms with Crippen molar-refractivity contribution in [1.29, 1.82) is 0 Å².